The highest BCUT2D eigenvalue weighted by Crippen LogP contribution is 2.07. The minimum atomic E-state index is -0.264. The van der Waals surface area contributed by atoms with E-state index in [1.54, 1.807) is 0 Å². The Morgan fingerprint density at radius 2 is 2.15 bits per heavy atom. The molecule has 1 heterocycles. The summed E-state index contributed by atoms with van der Waals surface area (Å²) in [7, 11) is 0. The maximum atomic E-state index is 10.6. The normalized spacial score (nSPS) is 9.77. The van der Waals surface area contributed by atoms with E-state index in [1.165, 1.54) is 6.92 Å². The van der Waals surface area contributed by atoms with Crippen LogP contribution in [0.4, 0.5) is 0 Å². The van der Waals surface area contributed by atoms with Crippen molar-refractivity contribution in [3.63, 3.8) is 0 Å². The number of nitrogens with zero attached hydrogens (tertiary/aromatic N) is 1. The molecule has 0 amide bonds. The van der Waals surface area contributed by atoms with Gasteiger partial charge >= 0.3 is 5.97 Å². The summed E-state index contributed by atoms with van der Waals surface area (Å²) in [4.78, 5) is 14.8. The van der Waals surface area contributed by atoms with Crippen LogP contribution in [0.5, 0.6) is 0 Å². The third kappa shape index (κ3) is 2.86. The second kappa shape index (κ2) is 4.03. The van der Waals surface area contributed by atoms with Gasteiger partial charge in [0.15, 0.2) is 0 Å². The second-order valence-electron chi connectivity index (χ2n) is 2.98. The second-order valence-corrected chi connectivity index (χ2v) is 2.98. The summed E-state index contributed by atoms with van der Waals surface area (Å²) < 4.78 is 4.87. The first-order valence-corrected chi connectivity index (χ1v) is 4.16. The molecule has 70 valence electrons. The van der Waals surface area contributed by atoms with Gasteiger partial charge < -0.3 is 4.74 Å². The predicted octanol–water partition coefficient (Wildman–Crippen LogP) is 1.76. The fraction of sp³-hybridized carbons (Fsp3) is 0.400. The van der Waals surface area contributed by atoms with E-state index in [0.29, 0.717) is 6.61 Å². The minimum absolute atomic E-state index is 0.264. The van der Waals surface area contributed by atoms with Crippen LogP contribution in [0.1, 0.15) is 23.9 Å². The van der Waals surface area contributed by atoms with Crippen LogP contribution in [0.15, 0.2) is 12.1 Å². The SMILES string of the molecule is CC(=O)OCc1ccc(C)nc1C. The van der Waals surface area contributed by atoms with Crippen LogP contribution in [-0.4, -0.2) is 11.0 Å². The quantitative estimate of drug-likeness (QED) is 0.649. The zero-order valence-corrected chi connectivity index (χ0v) is 8.13. The van der Waals surface area contributed by atoms with Crippen LogP contribution in [0.2, 0.25) is 0 Å². The molecule has 3 nitrogen and oxygen atoms in total. The van der Waals surface area contributed by atoms with Gasteiger partial charge in [-0.15, -0.1) is 0 Å². The molecule has 1 aromatic heterocycles. The molecule has 1 rings (SSSR count). The maximum absolute atomic E-state index is 10.6. The Labute approximate surface area is 77.8 Å². The highest BCUT2D eigenvalue weighted by atomic mass is 16.5. The van der Waals surface area contributed by atoms with Crippen molar-refractivity contribution in [3.05, 3.63) is 29.1 Å². The zero-order chi connectivity index (χ0) is 9.84. The Balaban J connectivity index is 2.72. The molecule has 3 heteroatoms. The lowest BCUT2D eigenvalue weighted by Crippen LogP contribution is -2.01. The first-order valence-electron chi connectivity index (χ1n) is 4.16. The average molecular weight is 179 g/mol. The lowest BCUT2D eigenvalue weighted by molar-refractivity contribution is -0.142. The number of carbonyl (C=O) groups is 1. The molecule has 13 heavy (non-hydrogen) atoms. The van der Waals surface area contributed by atoms with Gasteiger partial charge in [0.05, 0.1) is 0 Å². The number of aryl methyl sites for hydroxylation is 2. The average Bonchev–Trinajstić information content (AvgIpc) is 2.02. The summed E-state index contributed by atoms with van der Waals surface area (Å²) >= 11 is 0. The summed E-state index contributed by atoms with van der Waals surface area (Å²) in [6.07, 6.45) is 0. The third-order valence-corrected chi connectivity index (χ3v) is 1.77. The fourth-order valence-corrected chi connectivity index (χ4v) is 1.05. The molecule has 0 saturated carbocycles. The van der Waals surface area contributed by atoms with Crippen LogP contribution >= 0.6 is 0 Å². The molecule has 1 aromatic rings. The molecule has 0 N–H and O–H groups in total. The van der Waals surface area contributed by atoms with Crippen molar-refractivity contribution < 1.29 is 9.53 Å². The Kier molecular flexibility index (Phi) is 3.01. The molecular formula is C10H13NO2. The number of hydrogen-bond acceptors (Lipinski definition) is 3. The summed E-state index contributed by atoms with van der Waals surface area (Å²) in [6.45, 7) is 5.56. The monoisotopic (exact) mass is 179 g/mol. The summed E-state index contributed by atoms with van der Waals surface area (Å²) in [5.41, 5.74) is 2.85. The standard InChI is InChI=1S/C10H13NO2/c1-7-4-5-10(8(2)11-7)6-13-9(3)12/h4-5H,6H2,1-3H3. The van der Waals surface area contributed by atoms with Crippen LogP contribution in [-0.2, 0) is 16.1 Å². The first-order chi connectivity index (χ1) is 6.09. The van der Waals surface area contributed by atoms with Crippen molar-refractivity contribution in [2.75, 3.05) is 0 Å². The van der Waals surface area contributed by atoms with Gasteiger partial charge in [-0.25, -0.2) is 0 Å². The van der Waals surface area contributed by atoms with Crippen LogP contribution in [0, 0.1) is 13.8 Å². The minimum Gasteiger partial charge on any atom is -0.461 e. The summed E-state index contributed by atoms with van der Waals surface area (Å²) in [5.74, 6) is -0.264. The van der Waals surface area contributed by atoms with Gasteiger partial charge in [0, 0.05) is 23.9 Å². The van der Waals surface area contributed by atoms with Gasteiger partial charge in [-0.05, 0) is 19.9 Å². The Bertz CT molecular complexity index is 321. The molecule has 0 aliphatic rings. The van der Waals surface area contributed by atoms with E-state index in [0.717, 1.165) is 17.0 Å². The Morgan fingerprint density at radius 1 is 1.46 bits per heavy atom. The molecular weight excluding hydrogens is 166 g/mol. The largest absolute Gasteiger partial charge is 0.461 e. The topological polar surface area (TPSA) is 39.2 Å². The van der Waals surface area contributed by atoms with E-state index in [1.807, 2.05) is 26.0 Å². The molecule has 0 radical (unpaired) electrons. The van der Waals surface area contributed by atoms with Crippen molar-refractivity contribution >= 4 is 5.97 Å². The number of hydrogen-bond donors (Lipinski definition) is 0. The van der Waals surface area contributed by atoms with Crippen LogP contribution in [0.25, 0.3) is 0 Å². The van der Waals surface area contributed by atoms with Crippen molar-refractivity contribution in [1.82, 2.24) is 4.98 Å². The van der Waals surface area contributed by atoms with Crippen molar-refractivity contribution in [1.29, 1.82) is 0 Å². The molecule has 0 atom stereocenters. The number of aromatic nitrogens is 1. The van der Waals surface area contributed by atoms with E-state index in [-0.39, 0.29) is 5.97 Å². The number of ether oxygens (including phenoxy) is 1. The molecule has 0 bridgehead atoms. The number of pyridine rings is 1. The highest BCUT2D eigenvalue weighted by molar-refractivity contribution is 5.65. The lowest BCUT2D eigenvalue weighted by Gasteiger charge is -2.05. The maximum Gasteiger partial charge on any atom is 0.302 e. The summed E-state index contributed by atoms with van der Waals surface area (Å²) in [6, 6.07) is 3.84. The van der Waals surface area contributed by atoms with E-state index in [9.17, 15) is 4.79 Å². The van der Waals surface area contributed by atoms with E-state index in [4.69, 9.17) is 4.74 Å². The predicted molar refractivity (Wildman–Crippen MR) is 49.2 cm³/mol. The van der Waals surface area contributed by atoms with Gasteiger partial charge in [-0.2, -0.15) is 0 Å². The number of carbonyl (C=O) groups excluding carboxylic acids is 1. The number of esters is 1. The molecule has 0 unspecified atom stereocenters. The van der Waals surface area contributed by atoms with Gasteiger partial charge in [0.1, 0.15) is 6.61 Å². The molecule has 0 spiro atoms. The van der Waals surface area contributed by atoms with Gasteiger partial charge in [0.25, 0.3) is 0 Å². The molecule has 0 aliphatic heterocycles. The number of rotatable bonds is 2. The zero-order valence-electron chi connectivity index (χ0n) is 8.13. The molecule has 0 saturated heterocycles. The van der Waals surface area contributed by atoms with Gasteiger partial charge in [-0.3, -0.25) is 9.78 Å². The van der Waals surface area contributed by atoms with E-state index in [2.05, 4.69) is 4.98 Å². The van der Waals surface area contributed by atoms with Crippen LogP contribution in [0.3, 0.4) is 0 Å². The lowest BCUT2D eigenvalue weighted by atomic mass is 10.2. The van der Waals surface area contributed by atoms with Crippen molar-refractivity contribution in [3.8, 4) is 0 Å². The van der Waals surface area contributed by atoms with Crippen molar-refractivity contribution in [2.45, 2.75) is 27.4 Å². The summed E-state index contributed by atoms with van der Waals surface area (Å²) in [5, 5.41) is 0. The van der Waals surface area contributed by atoms with Crippen LogP contribution < -0.4 is 0 Å². The molecule has 0 aliphatic carbocycles. The fourth-order valence-electron chi connectivity index (χ4n) is 1.05. The van der Waals surface area contributed by atoms with E-state index < -0.39 is 0 Å². The Morgan fingerprint density at radius 3 is 2.69 bits per heavy atom. The highest BCUT2D eigenvalue weighted by Gasteiger charge is 2.01. The van der Waals surface area contributed by atoms with E-state index >= 15 is 0 Å². The van der Waals surface area contributed by atoms with Crippen molar-refractivity contribution in [2.24, 2.45) is 0 Å². The molecule has 0 fully saturated rings. The molecule has 0 aromatic carbocycles. The van der Waals surface area contributed by atoms with Gasteiger partial charge in [0.2, 0.25) is 0 Å². The smallest absolute Gasteiger partial charge is 0.302 e. The van der Waals surface area contributed by atoms with Gasteiger partial charge in [-0.1, -0.05) is 6.07 Å². The Hall–Kier alpha value is -1.38. The third-order valence-electron chi connectivity index (χ3n) is 1.77. The first kappa shape index (κ1) is 9.71.